The van der Waals surface area contributed by atoms with Gasteiger partial charge < -0.3 is 14.2 Å². The van der Waals surface area contributed by atoms with Crippen LogP contribution in [0, 0.1) is 19.3 Å². The molecular weight excluding hydrogens is 464 g/mol. The maximum Gasteiger partial charge on any atom is 0.225 e. The third kappa shape index (κ3) is 3.70. The molecule has 1 atom stereocenters. The number of carbonyl (C=O) groups is 1. The van der Waals surface area contributed by atoms with E-state index in [1.54, 1.807) is 0 Å². The summed E-state index contributed by atoms with van der Waals surface area (Å²) in [6, 6.07) is 7.29. The Morgan fingerprint density at radius 1 is 1.14 bits per heavy atom. The molecule has 3 aromatic rings. The minimum atomic E-state index is -0.436. The Morgan fingerprint density at radius 2 is 1.86 bits per heavy atom. The number of carbonyl (C=O) groups excluding carboxylic acids is 1. The quantitative estimate of drug-likeness (QED) is 0.557. The number of hydrogen-bond acceptors (Lipinski definition) is 5. The van der Waals surface area contributed by atoms with Gasteiger partial charge in [0, 0.05) is 53.6 Å². The number of amides is 1. The Kier molecular flexibility index (Phi) is 5.34. The van der Waals surface area contributed by atoms with E-state index < -0.39 is 6.04 Å². The predicted octanol–water partition coefficient (Wildman–Crippen LogP) is 3.80. The monoisotopic (exact) mass is 492 g/mol. The van der Waals surface area contributed by atoms with Gasteiger partial charge in [-0.05, 0) is 38.8 Å². The third-order valence-electron chi connectivity index (χ3n) is 7.85. The smallest absolute Gasteiger partial charge is 0.225 e. The first-order valence-electron chi connectivity index (χ1n) is 12.1. The second-order valence-electron chi connectivity index (χ2n) is 10.1. The highest BCUT2D eigenvalue weighted by Crippen LogP contribution is 2.39. The standard InChI is InChI=1S/C26H29ClN6O2/c1-16-23-21(13-31(16)3)33-17(2)29-30-25(33)20(28-24(23)18-4-6-19(27)7-5-18)12-22(34)32-10-8-26(9-11-32)14-35-15-26/h4-7,13,20H,8-12,14-15H2,1-3H3/t20-/m0/s1. The molecule has 0 saturated carbocycles. The lowest BCUT2D eigenvalue weighted by Crippen LogP contribution is -2.52. The molecule has 6 rings (SSSR count). The van der Waals surface area contributed by atoms with Crippen LogP contribution in [0.3, 0.4) is 0 Å². The number of nitrogens with zero attached hydrogens (tertiary/aromatic N) is 6. The summed E-state index contributed by atoms with van der Waals surface area (Å²) in [5, 5.41) is 9.56. The average Bonchev–Trinajstić information content (AvgIpc) is 3.31. The van der Waals surface area contributed by atoms with Crippen LogP contribution < -0.4 is 0 Å². The fourth-order valence-electron chi connectivity index (χ4n) is 5.51. The Bertz CT molecular complexity index is 1320. The molecule has 5 heterocycles. The molecule has 0 unspecified atom stereocenters. The molecule has 35 heavy (non-hydrogen) atoms. The number of fused-ring (bicyclic) bond motifs is 3. The van der Waals surface area contributed by atoms with Gasteiger partial charge in [-0.2, -0.15) is 0 Å². The van der Waals surface area contributed by atoms with E-state index >= 15 is 0 Å². The van der Waals surface area contributed by atoms with Crippen molar-refractivity contribution in [2.24, 2.45) is 17.5 Å². The van der Waals surface area contributed by atoms with Crippen molar-refractivity contribution in [1.29, 1.82) is 0 Å². The highest BCUT2D eigenvalue weighted by Gasteiger charge is 2.42. The van der Waals surface area contributed by atoms with Crippen LogP contribution in [0.1, 0.15) is 53.8 Å². The van der Waals surface area contributed by atoms with Gasteiger partial charge in [0.05, 0.1) is 31.0 Å². The summed E-state index contributed by atoms with van der Waals surface area (Å²) >= 11 is 6.19. The molecule has 0 radical (unpaired) electrons. The van der Waals surface area contributed by atoms with E-state index in [0.717, 1.165) is 73.2 Å². The molecule has 3 aliphatic rings. The molecule has 2 fully saturated rings. The highest BCUT2D eigenvalue weighted by atomic mass is 35.5. The topological polar surface area (TPSA) is 77.5 Å². The first-order valence-corrected chi connectivity index (χ1v) is 12.5. The minimum Gasteiger partial charge on any atom is -0.380 e. The molecule has 1 aromatic carbocycles. The van der Waals surface area contributed by atoms with Crippen LogP contribution in [0.2, 0.25) is 5.02 Å². The average molecular weight is 493 g/mol. The summed E-state index contributed by atoms with van der Waals surface area (Å²) in [6.07, 6.45) is 4.35. The molecule has 3 aliphatic heterocycles. The van der Waals surface area contributed by atoms with Crippen molar-refractivity contribution in [1.82, 2.24) is 24.2 Å². The highest BCUT2D eigenvalue weighted by molar-refractivity contribution is 6.30. The van der Waals surface area contributed by atoms with Crippen LogP contribution in [-0.4, -0.2) is 62.2 Å². The molecule has 182 valence electrons. The lowest BCUT2D eigenvalue weighted by Gasteiger charge is -2.47. The van der Waals surface area contributed by atoms with Crippen LogP contribution in [0.4, 0.5) is 0 Å². The number of ether oxygens (including phenoxy) is 1. The summed E-state index contributed by atoms with van der Waals surface area (Å²) in [5.74, 6) is 1.59. The van der Waals surface area contributed by atoms with Gasteiger partial charge in [0.1, 0.15) is 11.9 Å². The number of benzene rings is 1. The lowest BCUT2D eigenvalue weighted by molar-refractivity contribution is -0.153. The normalized spacial score (nSPS) is 20.6. The predicted molar refractivity (Wildman–Crippen MR) is 133 cm³/mol. The Hall–Kier alpha value is -2.97. The van der Waals surface area contributed by atoms with Crippen molar-refractivity contribution in [3.8, 4) is 5.69 Å². The summed E-state index contributed by atoms with van der Waals surface area (Å²) in [6.45, 7) is 7.23. The van der Waals surface area contributed by atoms with Crippen molar-refractivity contribution in [2.45, 2.75) is 39.2 Å². The second kappa shape index (κ2) is 8.31. The van der Waals surface area contributed by atoms with Crippen molar-refractivity contribution in [3.63, 3.8) is 0 Å². The number of halogens is 1. The summed E-state index contributed by atoms with van der Waals surface area (Å²) in [4.78, 5) is 20.7. The van der Waals surface area contributed by atoms with Crippen molar-refractivity contribution < 1.29 is 9.53 Å². The van der Waals surface area contributed by atoms with Gasteiger partial charge in [-0.15, -0.1) is 10.2 Å². The first-order chi connectivity index (χ1) is 16.8. The zero-order valence-corrected chi connectivity index (χ0v) is 21.0. The molecule has 2 saturated heterocycles. The second-order valence-corrected chi connectivity index (χ2v) is 10.5. The minimum absolute atomic E-state index is 0.111. The van der Waals surface area contributed by atoms with Gasteiger partial charge in [0.25, 0.3) is 0 Å². The van der Waals surface area contributed by atoms with Gasteiger partial charge >= 0.3 is 0 Å². The number of aryl methyl sites for hydroxylation is 2. The molecule has 2 aromatic heterocycles. The van der Waals surface area contributed by atoms with E-state index in [-0.39, 0.29) is 17.7 Å². The van der Waals surface area contributed by atoms with E-state index in [1.165, 1.54) is 0 Å². The fraction of sp³-hybridized carbons (Fsp3) is 0.462. The van der Waals surface area contributed by atoms with E-state index in [2.05, 4.69) is 32.5 Å². The first kappa shape index (κ1) is 22.5. The van der Waals surface area contributed by atoms with E-state index in [0.29, 0.717) is 10.8 Å². The lowest BCUT2D eigenvalue weighted by atomic mass is 9.77. The van der Waals surface area contributed by atoms with Crippen molar-refractivity contribution in [2.75, 3.05) is 26.3 Å². The van der Waals surface area contributed by atoms with Crippen LogP contribution >= 0.6 is 11.6 Å². The van der Waals surface area contributed by atoms with Gasteiger partial charge in [-0.25, -0.2) is 0 Å². The number of likely N-dealkylation sites (tertiary alicyclic amines) is 1. The van der Waals surface area contributed by atoms with Gasteiger partial charge in [-0.1, -0.05) is 23.7 Å². The Balaban J connectivity index is 1.40. The summed E-state index contributed by atoms with van der Waals surface area (Å²) in [5.41, 5.74) is 5.19. The van der Waals surface area contributed by atoms with Crippen LogP contribution in [0.15, 0.2) is 35.5 Å². The maximum absolute atomic E-state index is 13.5. The number of aliphatic imine (C=N–C) groups is 1. The van der Waals surface area contributed by atoms with E-state index in [4.69, 9.17) is 21.3 Å². The Morgan fingerprint density at radius 3 is 2.51 bits per heavy atom. The largest absolute Gasteiger partial charge is 0.380 e. The maximum atomic E-state index is 13.5. The summed E-state index contributed by atoms with van der Waals surface area (Å²) in [7, 11) is 2.03. The van der Waals surface area contributed by atoms with Crippen LogP contribution in [0.5, 0.6) is 0 Å². The molecule has 9 heteroatoms. The molecule has 0 bridgehead atoms. The molecule has 1 spiro atoms. The fourth-order valence-corrected chi connectivity index (χ4v) is 5.63. The molecular formula is C26H29ClN6O2. The molecule has 0 aliphatic carbocycles. The number of rotatable bonds is 3. The molecule has 1 amide bonds. The van der Waals surface area contributed by atoms with Gasteiger partial charge in [-0.3, -0.25) is 14.4 Å². The summed E-state index contributed by atoms with van der Waals surface area (Å²) < 4.78 is 9.60. The molecule has 0 N–H and O–H groups in total. The van der Waals surface area contributed by atoms with Crippen LogP contribution in [-0.2, 0) is 16.6 Å². The zero-order chi connectivity index (χ0) is 24.3. The number of piperidine rings is 1. The van der Waals surface area contributed by atoms with Gasteiger partial charge in [0.15, 0.2) is 5.82 Å². The SMILES string of the molecule is Cc1c2c(cn1C)-n1c(C)nnc1[C@H](CC(=O)N1CCC3(CC1)COC3)N=C2c1ccc(Cl)cc1. The van der Waals surface area contributed by atoms with E-state index in [1.807, 2.05) is 43.1 Å². The Labute approximate surface area is 209 Å². The van der Waals surface area contributed by atoms with Gasteiger partial charge in [0.2, 0.25) is 5.91 Å². The van der Waals surface area contributed by atoms with Crippen molar-refractivity contribution >= 4 is 23.2 Å². The third-order valence-corrected chi connectivity index (χ3v) is 8.10. The molecule has 8 nitrogen and oxygen atoms in total. The van der Waals surface area contributed by atoms with E-state index in [9.17, 15) is 4.79 Å². The van der Waals surface area contributed by atoms with Crippen molar-refractivity contribution in [3.05, 3.63) is 64.0 Å². The number of hydrogen-bond donors (Lipinski definition) is 0. The zero-order valence-electron chi connectivity index (χ0n) is 20.3. The number of aromatic nitrogens is 4. The van der Waals surface area contributed by atoms with Crippen LogP contribution in [0.25, 0.3) is 5.69 Å².